The summed E-state index contributed by atoms with van der Waals surface area (Å²) < 4.78 is 0. The summed E-state index contributed by atoms with van der Waals surface area (Å²) in [7, 11) is 1.69. The fourth-order valence-corrected chi connectivity index (χ4v) is 0.265. The van der Waals surface area contributed by atoms with Gasteiger partial charge in [0.2, 0.25) is 0 Å². The Hall–Kier alpha value is -0.860. The number of nitrogens with one attached hydrogen (secondary N) is 1. The maximum atomic E-state index is 10.2. The highest BCUT2D eigenvalue weighted by atomic mass is 16.1. The van der Waals surface area contributed by atoms with E-state index in [1.54, 1.807) is 13.3 Å². The normalized spacial score (nSPS) is 9.75. The van der Waals surface area contributed by atoms with Gasteiger partial charge in [-0.3, -0.25) is 4.79 Å². The van der Waals surface area contributed by atoms with Crippen molar-refractivity contribution in [3.05, 3.63) is 0 Å². The Morgan fingerprint density at radius 3 is 2.88 bits per heavy atom. The van der Waals surface area contributed by atoms with Crippen LogP contribution < -0.4 is 5.43 Å². The van der Waals surface area contributed by atoms with E-state index in [0.717, 1.165) is 0 Å². The third-order valence-corrected chi connectivity index (χ3v) is 0.599. The van der Waals surface area contributed by atoms with Gasteiger partial charge >= 0.3 is 0 Å². The van der Waals surface area contributed by atoms with Crippen LogP contribution in [-0.2, 0) is 4.79 Å². The van der Waals surface area contributed by atoms with Gasteiger partial charge in [0.05, 0.1) is 0 Å². The van der Waals surface area contributed by atoms with Crippen molar-refractivity contribution in [3.8, 4) is 0 Å². The Kier molecular flexibility index (Phi) is 3.84. The fourth-order valence-electron chi connectivity index (χ4n) is 0.265. The van der Waals surface area contributed by atoms with Crippen LogP contribution in [0, 0.1) is 0 Å². The molecule has 46 valence electrons. The molecule has 8 heavy (non-hydrogen) atoms. The minimum atomic E-state index is 0.129. The molecule has 0 unspecified atom stereocenters. The number of Topliss-reactive ketones (excluding diaryl/α,β-unsaturated/α-hetero) is 1. The van der Waals surface area contributed by atoms with E-state index < -0.39 is 0 Å². The number of hydrazone groups is 1. The molecule has 0 saturated heterocycles. The van der Waals surface area contributed by atoms with E-state index in [2.05, 4.69) is 10.5 Å². The molecule has 0 saturated carbocycles. The van der Waals surface area contributed by atoms with Gasteiger partial charge in [0.25, 0.3) is 0 Å². The molecule has 0 aromatic carbocycles. The lowest BCUT2D eigenvalue weighted by Crippen LogP contribution is -1.96. The van der Waals surface area contributed by atoms with Gasteiger partial charge in [-0.2, -0.15) is 5.10 Å². The number of hydrogen-bond acceptors (Lipinski definition) is 3. The molecule has 0 radical (unpaired) electrons. The van der Waals surface area contributed by atoms with Crippen LogP contribution in [-0.4, -0.2) is 19.0 Å². The van der Waals surface area contributed by atoms with E-state index in [9.17, 15) is 4.79 Å². The Labute approximate surface area is 48.8 Å². The molecule has 0 aromatic rings. The minimum Gasteiger partial charge on any atom is -0.313 e. The first kappa shape index (κ1) is 7.14. The Morgan fingerprint density at radius 1 is 1.88 bits per heavy atom. The molecule has 0 heterocycles. The Morgan fingerprint density at radius 2 is 2.50 bits per heavy atom. The van der Waals surface area contributed by atoms with Crippen LogP contribution in [0.25, 0.3) is 0 Å². The number of rotatable bonds is 3. The predicted molar refractivity (Wildman–Crippen MR) is 32.8 cm³/mol. The largest absolute Gasteiger partial charge is 0.313 e. The zero-order valence-electron chi connectivity index (χ0n) is 5.14. The topological polar surface area (TPSA) is 41.5 Å². The number of carbonyl (C=O) groups excluding carboxylic acids is 1. The quantitative estimate of drug-likeness (QED) is 0.419. The van der Waals surface area contributed by atoms with Crippen LogP contribution in [0.1, 0.15) is 13.3 Å². The van der Waals surface area contributed by atoms with E-state index in [1.165, 1.54) is 6.92 Å². The first-order chi connectivity index (χ1) is 3.77. The highest BCUT2D eigenvalue weighted by Crippen LogP contribution is 1.72. The van der Waals surface area contributed by atoms with Gasteiger partial charge in [-0.1, -0.05) is 0 Å². The zero-order valence-corrected chi connectivity index (χ0v) is 5.14. The molecular weight excluding hydrogens is 104 g/mol. The maximum Gasteiger partial charge on any atom is 0.135 e. The summed E-state index contributed by atoms with van der Waals surface area (Å²) in [4.78, 5) is 10.2. The number of ketones is 1. The molecule has 0 rings (SSSR count). The molecular formula is C5H10N2O. The summed E-state index contributed by atoms with van der Waals surface area (Å²) in [5.41, 5.74) is 2.54. The number of hydrogen-bond donors (Lipinski definition) is 1. The third-order valence-electron chi connectivity index (χ3n) is 0.599. The van der Waals surface area contributed by atoms with E-state index in [4.69, 9.17) is 0 Å². The van der Waals surface area contributed by atoms with Crippen LogP contribution >= 0.6 is 0 Å². The molecule has 0 spiro atoms. The zero-order chi connectivity index (χ0) is 6.41. The van der Waals surface area contributed by atoms with Crippen LogP contribution in [0.3, 0.4) is 0 Å². The van der Waals surface area contributed by atoms with E-state index in [-0.39, 0.29) is 5.78 Å². The van der Waals surface area contributed by atoms with Gasteiger partial charge in [-0.05, 0) is 6.92 Å². The van der Waals surface area contributed by atoms with Crippen LogP contribution in [0.2, 0.25) is 0 Å². The molecule has 0 aliphatic heterocycles. The second kappa shape index (κ2) is 4.30. The summed E-state index contributed by atoms with van der Waals surface area (Å²) in [6.45, 7) is 1.53. The molecule has 0 atom stereocenters. The smallest absolute Gasteiger partial charge is 0.135 e. The molecule has 0 aliphatic carbocycles. The van der Waals surface area contributed by atoms with Crippen molar-refractivity contribution in [2.24, 2.45) is 5.10 Å². The van der Waals surface area contributed by atoms with Crippen LogP contribution in [0.15, 0.2) is 5.10 Å². The average molecular weight is 114 g/mol. The van der Waals surface area contributed by atoms with Crippen LogP contribution in [0.4, 0.5) is 0 Å². The SMILES string of the molecule is CNN=CCC(C)=O. The highest BCUT2D eigenvalue weighted by molar-refractivity contribution is 5.89. The van der Waals surface area contributed by atoms with Gasteiger partial charge in [-0.25, -0.2) is 0 Å². The van der Waals surface area contributed by atoms with Gasteiger partial charge in [-0.15, -0.1) is 0 Å². The lowest BCUT2D eigenvalue weighted by Gasteiger charge is -1.83. The molecule has 0 fully saturated rings. The fraction of sp³-hybridized carbons (Fsp3) is 0.600. The van der Waals surface area contributed by atoms with Gasteiger partial charge in [0, 0.05) is 19.7 Å². The van der Waals surface area contributed by atoms with Crippen molar-refractivity contribution < 1.29 is 4.79 Å². The first-order valence-electron chi connectivity index (χ1n) is 2.45. The van der Waals surface area contributed by atoms with E-state index >= 15 is 0 Å². The summed E-state index contributed by atoms with van der Waals surface area (Å²) in [5, 5.41) is 3.62. The summed E-state index contributed by atoms with van der Waals surface area (Å²) in [5.74, 6) is 0.129. The average Bonchev–Trinajstić information content (AvgIpc) is 1.66. The molecule has 3 heteroatoms. The summed E-state index contributed by atoms with van der Waals surface area (Å²) in [6.07, 6.45) is 1.96. The minimum absolute atomic E-state index is 0.129. The third kappa shape index (κ3) is 5.14. The molecule has 0 bridgehead atoms. The van der Waals surface area contributed by atoms with Crippen LogP contribution in [0.5, 0.6) is 0 Å². The van der Waals surface area contributed by atoms with Crippen molar-refractivity contribution in [2.45, 2.75) is 13.3 Å². The second-order valence-electron chi connectivity index (χ2n) is 1.44. The van der Waals surface area contributed by atoms with Crippen molar-refractivity contribution in [1.29, 1.82) is 0 Å². The number of carbonyl (C=O) groups is 1. The van der Waals surface area contributed by atoms with Crippen molar-refractivity contribution in [1.82, 2.24) is 5.43 Å². The van der Waals surface area contributed by atoms with Crippen molar-refractivity contribution in [3.63, 3.8) is 0 Å². The molecule has 0 aromatic heterocycles. The van der Waals surface area contributed by atoms with Crippen molar-refractivity contribution in [2.75, 3.05) is 7.05 Å². The Bertz CT molecular complexity index is 98.6. The van der Waals surface area contributed by atoms with E-state index in [1.807, 2.05) is 0 Å². The lowest BCUT2D eigenvalue weighted by atomic mass is 10.3. The van der Waals surface area contributed by atoms with Gasteiger partial charge < -0.3 is 5.43 Å². The second-order valence-corrected chi connectivity index (χ2v) is 1.44. The highest BCUT2D eigenvalue weighted by Gasteiger charge is 1.83. The number of nitrogens with zero attached hydrogens (tertiary/aromatic N) is 1. The monoisotopic (exact) mass is 114 g/mol. The summed E-state index contributed by atoms with van der Waals surface area (Å²) >= 11 is 0. The molecule has 0 amide bonds. The maximum absolute atomic E-state index is 10.2. The first-order valence-corrected chi connectivity index (χ1v) is 2.45. The lowest BCUT2D eigenvalue weighted by molar-refractivity contribution is -0.115. The molecule has 1 N–H and O–H groups in total. The summed E-state index contributed by atoms with van der Waals surface area (Å²) in [6, 6.07) is 0. The van der Waals surface area contributed by atoms with Gasteiger partial charge in [0.15, 0.2) is 0 Å². The van der Waals surface area contributed by atoms with Crippen molar-refractivity contribution >= 4 is 12.0 Å². The van der Waals surface area contributed by atoms with Gasteiger partial charge in [0.1, 0.15) is 5.78 Å². The van der Waals surface area contributed by atoms with E-state index in [0.29, 0.717) is 6.42 Å². The Balaban J connectivity index is 3.16. The molecule has 0 aliphatic rings. The molecule has 3 nitrogen and oxygen atoms in total. The predicted octanol–water partition coefficient (Wildman–Crippen LogP) is 0.171. The standard InChI is InChI=1S/C5H10N2O/c1-5(8)3-4-7-6-2/h4,6H,3H2,1-2H3.